The maximum atomic E-state index is 10.8. The fourth-order valence-corrected chi connectivity index (χ4v) is 2.47. The van der Waals surface area contributed by atoms with Crippen molar-refractivity contribution in [3.63, 3.8) is 0 Å². The van der Waals surface area contributed by atoms with Gasteiger partial charge in [-0.15, -0.1) is 0 Å². The number of hydrogen-bond donors (Lipinski definition) is 2. The number of aliphatic hydroxyl groups excluding tert-OH is 1. The van der Waals surface area contributed by atoms with E-state index in [1.165, 1.54) is 25.8 Å². The van der Waals surface area contributed by atoms with E-state index < -0.39 is 24.1 Å². The van der Waals surface area contributed by atoms with Crippen LogP contribution in [0.15, 0.2) is 12.7 Å². The number of unbranched alkanes of at least 4 members (excludes halogenated alkanes) is 8. The molecule has 0 aromatic heterocycles. The Hall–Kier alpha value is -2.24. The van der Waals surface area contributed by atoms with Gasteiger partial charge in [-0.05, 0) is 43.1 Å². The van der Waals surface area contributed by atoms with Crippen LogP contribution in [0, 0.1) is 23.7 Å². The number of aliphatic carboxylic acids is 1. The van der Waals surface area contributed by atoms with Crippen molar-refractivity contribution in [2.45, 2.75) is 89.8 Å². The summed E-state index contributed by atoms with van der Waals surface area (Å²) in [6.07, 6.45) is 10.5. The van der Waals surface area contributed by atoms with Crippen molar-refractivity contribution in [2.75, 3.05) is 0 Å². The average Bonchev–Trinajstić information content (AvgIpc) is 2.61. The normalized spacial score (nSPS) is 11.9. The van der Waals surface area contributed by atoms with Crippen LogP contribution in [0.25, 0.3) is 0 Å². The quantitative estimate of drug-likeness (QED) is 0.208. The standard InChI is InChI=1S/C22H32O5/c1-3-21(27-19(2)23)17-14-13-16-20(24)15-11-9-7-5-4-6-8-10-12-18-22(25)26/h3,20-21,24H,1,4-12,15,18H2,2H3,(H,25,26). The van der Waals surface area contributed by atoms with Gasteiger partial charge in [0.05, 0.1) is 0 Å². The molecule has 2 atom stereocenters. The van der Waals surface area contributed by atoms with Crippen molar-refractivity contribution in [3.8, 4) is 23.7 Å². The first-order chi connectivity index (χ1) is 13.0. The number of rotatable bonds is 14. The summed E-state index contributed by atoms with van der Waals surface area (Å²) in [6, 6.07) is 0. The minimum Gasteiger partial charge on any atom is -0.481 e. The van der Waals surface area contributed by atoms with E-state index in [9.17, 15) is 14.7 Å². The number of carbonyl (C=O) groups excluding carboxylic acids is 1. The first-order valence-electron chi connectivity index (χ1n) is 9.66. The van der Waals surface area contributed by atoms with Gasteiger partial charge in [-0.3, -0.25) is 9.59 Å². The molecule has 2 unspecified atom stereocenters. The molecule has 0 bridgehead atoms. The SMILES string of the molecule is C=CC(C#CC#CC(O)CCCCCCCCCCCC(=O)O)OC(C)=O. The summed E-state index contributed by atoms with van der Waals surface area (Å²) in [7, 11) is 0. The Bertz CT molecular complexity index is 559. The fourth-order valence-electron chi connectivity index (χ4n) is 2.47. The van der Waals surface area contributed by atoms with Gasteiger partial charge in [-0.25, -0.2) is 0 Å². The van der Waals surface area contributed by atoms with Crippen molar-refractivity contribution in [1.82, 2.24) is 0 Å². The molecule has 0 saturated heterocycles. The Labute approximate surface area is 163 Å². The molecule has 0 aliphatic heterocycles. The van der Waals surface area contributed by atoms with Crippen molar-refractivity contribution in [3.05, 3.63) is 12.7 Å². The maximum Gasteiger partial charge on any atom is 0.304 e. The van der Waals surface area contributed by atoms with E-state index in [1.807, 2.05) is 0 Å². The maximum absolute atomic E-state index is 10.8. The highest BCUT2D eigenvalue weighted by atomic mass is 16.5. The summed E-state index contributed by atoms with van der Waals surface area (Å²) in [5.74, 6) is 9.32. The van der Waals surface area contributed by atoms with Gasteiger partial charge < -0.3 is 14.9 Å². The highest BCUT2D eigenvalue weighted by Gasteiger charge is 2.02. The Morgan fingerprint density at radius 3 is 2.00 bits per heavy atom. The Morgan fingerprint density at radius 2 is 1.48 bits per heavy atom. The number of esters is 1. The van der Waals surface area contributed by atoms with E-state index in [0.29, 0.717) is 6.42 Å². The summed E-state index contributed by atoms with van der Waals surface area (Å²) in [4.78, 5) is 21.2. The van der Waals surface area contributed by atoms with Crippen LogP contribution in [-0.4, -0.2) is 34.4 Å². The van der Waals surface area contributed by atoms with Crippen molar-refractivity contribution < 1.29 is 24.5 Å². The lowest BCUT2D eigenvalue weighted by Gasteiger charge is -2.04. The molecule has 0 spiro atoms. The predicted octanol–water partition coefficient (Wildman–Crippen LogP) is 3.85. The molecule has 0 radical (unpaired) electrons. The minimum atomic E-state index is -0.711. The third-order valence-corrected chi connectivity index (χ3v) is 3.89. The Balaban J connectivity index is 3.65. The molecule has 0 fully saturated rings. The molecule has 2 N–H and O–H groups in total. The summed E-state index contributed by atoms with van der Waals surface area (Å²) >= 11 is 0. The van der Waals surface area contributed by atoms with E-state index in [0.717, 1.165) is 44.9 Å². The smallest absolute Gasteiger partial charge is 0.304 e. The molecule has 27 heavy (non-hydrogen) atoms. The molecule has 0 amide bonds. The van der Waals surface area contributed by atoms with Gasteiger partial charge in [0.1, 0.15) is 6.10 Å². The van der Waals surface area contributed by atoms with Gasteiger partial charge in [-0.1, -0.05) is 57.4 Å². The van der Waals surface area contributed by atoms with Crippen LogP contribution in [-0.2, 0) is 14.3 Å². The minimum absolute atomic E-state index is 0.276. The highest BCUT2D eigenvalue weighted by Crippen LogP contribution is 2.12. The number of carboxylic acid groups (broad SMARTS) is 1. The monoisotopic (exact) mass is 376 g/mol. The largest absolute Gasteiger partial charge is 0.481 e. The molecule has 0 aromatic carbocycles. The van der Waals surface area contributed by atoms with Crippen molar-refractivity contribution in [1.29, 1.82) is 0 Å². The summed E-state index contributed by atoms with van der Waals surface area (Å²) in [6.45, 7) is 4.83. The number of carboxylic acids is 1. The third kappa shape index (κ3) is 18.4. The lowest BCUT2D eigenvalue weighted by Crippen LogP contribution is -2.10. The van der Waals surface area contributed by atoms with Crippen LogP contribution < -0.4 is 0 Å². The zero-order valence-electron chi connectivity index (χ0n) is 16.3. The predicted molar refractivity (Wildman–Crippen MR) is 106 cm³/mol. The van der Waals surface area contributed by atoms with E-state index in [2.05, 4.69) is 30.3 Å². The number of hydrogen-bond acceptors (Lipinski definition) is 4. The van der Waals surface area contributed by atoms with Gasteiger partial charge in [0, 0.05) is 13.3 Å². The first-order valence-corrected chi connectivity index (χ1v) is 9.66. The first kappa shape index (κ1) is 24.8. The second-order valence-corrected chi connectivity index (χ2v) is 6.43. The molecular formula is C22H32O5. The molecular weight excluding hydrogens is 344 g/mol. The number of aliphatic hydroxyl groups is 1. The highest BCUT2D eigenvalue weighted by molar-refractivity contribution is 5.67. The van der Waals surface area contributed by atoms with Crippen molar-refractivity contribution >= 4 is 11.9 Å². The zero-order valence-corrected chi connectivity index (χ0v) is 16.3. The van der Waals surface area contributed by atoms with Crippen molar-refractivity contribution in [2.24, 2.45) is 0 Å². The molecule has 0 aromatic rings. The topological polar surface area (TPSA) is 83.8 Å². The zero-order chi connectivity index (χ0) is 20.3. The van der Waals surface area contributed by atoms with E-state index in [1.54, 1.807) is 0 Å². The van der Waals surface area contributed by atoms with Gasteiger partial charge in [-0.2, -0.15) is 0 Å². The third-order valence-electron chi connectivity index (χ3n) is 3.89. The second kappa shape index (κ2) is 17.2. The van der Waals surface area contributed by atoms with Crippen LogP contribution in [0.1, 0.15) is 77.6 Å². The van der Waals surface area contributed by atoms with E-state index in [-0.39, 0.29) is 6.42 Å². The van der Waals surface area contributed by atoms with E-state index in [4.69, 9.17) is 9.84 Å². The van der Waals surface area contributed by atoms with Crippen LogP contribution in [0.2, 0.25) is 0 Å². The van der Waals surface area contributed by atoms with Crippen LogP contribution >= 0.6 is 0 Å². The molecule has 0 saturated carbocycles. The second-order valence-electron chi connectivity index (χ2n) is 6.43. The van der Waals surface area contributed by atoms with Gasteiger partial charge in [0.15, 0.2) is 6.10 Å². The summed E-state index contributed by atoms with van der Waals surface area (Å²) in [5.41, 5.74) is 0. The molecule has 0 aliphatic carbocycles. The molecule has 0 aliphatic rings. The van der Waals surface area contributed by atoms with Crippen LogP contribution in [0.4, 0.5) is 0 Å². The van der Waals surface area contributed by atoms with Gasteiger partial charge in [0.25, 0.3) is 0 Å². The summed E-state index contributed by atoms with van der Waals surface area (Å²) < 4.78 is 4.87. The summed E-state index contributed by atoms with van der Waals surface area (Å²) in [5, 5.41) is 18.3. The van der Waals surface area contributed by atoms with Gasteiger partial charge >= 0.3 is 11.9 Å². The number of ether oxygens (including phenoxy) is 1. The molecule has 0 rings (SSSR count). The van der Waals surface area contributed by atoms with Crippen LogP contribution in [0.5, 0.6) is 0 Å². The molecule has 0 heterocycles. The average molecular weight is 376 g/mol. The Morgan fingerprint density at radius 1 is 0.963 bits per heavy atom. The number of carbonyl (C=O) groups is 2. The fraction of sp³-hybridized carbons (Fsp3) is 0.636. The molecule has 5 nitrogen and oxygen atoms in total. The van der Waals surface area contributed by atoms with E-state index >= 15 is 0 Å². The molecule has 150 valence electrons. The Kier molecular flexibility index (Phi) is 15.8. The lowest BCUT2D eigenvalue weighted by atomic mass is 10.0. The van der Waals surface area contributed by atoms with Crippen LogP contribution in [0.3, 0.4) is 0 Å². The molecule has 5 heteroatoms. The van der Waals surface area contributed by atoms with Gasteiger partial charge in [0.2, 0.25) is 0 Å². The lowest BCUT2D eigenvalue weighted by molar-refractivity contribution is -0.142.